The lowest BCUT2D eigenvalue weighted by molar-refractivity contribution is 0.0584. The van der Waals surface area contributed by atoms with Crippen LogP contribution in [0.1, 0.15) is 30.7 Å². The Labute approximate surface area is 185 Å². The van der Waals surface area contributed by atoms with Gasteiger partial charge in [0, 0.05) is 56.1 Å². The van der Waals surface area contributed by atoms with E-state index in [9.17, 15) is 9.90 Å². The van der Waals surface area contributed by atoms with Crippen LogP contribution in [0.25, 0.3) is 11.4 Å². The molecule has 1 aromatic carbocycles. The SMILES string of the molecule is Cn1ccnc1C(O)C1CCN(C(=O)NCCc2nc(-c3ccc(Cl)cc3)no2)CC1. The standard InChI is InChI=1S/C21H25ClN6O3/c1-27-13-10-23-20(27)18(29)14-7-11-28(12-8-14)21(30)24-9-6-17-25-19(26-31-17)15-2-4-16(22)5-3-15/h2-5,10,13-14,18,29H,6-9,11-12H2,1H3,(H,24,30). The number of aromatic nitrogens is 4. The lowest BCUT2D eigenvalue weighted by Gasteiger charge is -2.34. The highest BCUT2D eigenvalue weighted by atomic mass is 35.5. The van der Waals surface area contributed by atoms with Crippen molar-refractivity contribution in [2.75, 3.05) is 19.6 Å². The number of carbonyl (C=O) groups excluding carboxylic acids is 1. The van der Waals surface area contributed by atoms with Crippen molar-refractivity contribution in [1.82, 2.24) is 29.9 Å². The molecular formula is C21H25ClN6O3. The van der Waals surface area contributed by atoms with Crippen molar-refractivity contribution in [2.24, 2.45) is 13.0 Å². The van der Waals surface area contributed by atoms with Crippen molar-refractivity contribution in [2.45, 2.75) is 25.4 Å². The Morgan fingerprint density at radius 1 is 1.32 bits per heavy atom. The number of likely N-dealkylation sites (tertiary alicyclic amines) is 1. The van der Waals surface area contributed by atoms with Crippen molar-refractivity contribution in [3.05, 3.63) is 53.4 Å². The highest BCUT2D eigenvalue weighted by Crippen LogP contribution is 2.29. The van der Waals surface area contributed by atoms with Gasteiger partial charge >= 0.3 is 6.03 Å². The molecule has 31 heavy (non-hydrogen) atoms. The Hall–Kier alpha value is -2.91. The van der Waals surface area contributed by atoms with Crippen LogP contribution >= 0.6 is 11.6 Å². The molecule has 1 atom stereocenters. The fraction of sp³-hybridized carbons (Fsp3) is 0.429. The average Bonchev–Trinajstić information content (AvgIpc) is 3.43. The van der Waals surface area contributed by atoms with Crippen LogP contribution < -0.4 is 5.32 Å². The Kier molecular flexibility index (Phi) is 6.53. The minimum absolute atomic E-state index is 0.0924. The monoisotopic (exact) mass is 444 g/mol. The lowest BCUT2D eigenvalue weighted by Crippen LogP contribution is -2.45. The topological polar surface area (TPSA) is 109 Å². The zero-order valence-corrected chi connectivity index (χ0v) is 18.0. The molecule has 10 heteroatoms. The molecular weight excluding hydrogens is 420 g/mol. The number of imidazole rings is 1. The number of piperidine rings is 1. The number of nitrogens with zero attached hydrogens (tertiary/aromatic N) is 5. The molecule has 164 valence electrons. The summed E-state index contributed by atoms with van der Waals surface area (Å²) in [6.07, 6.45) is 4.80. The second kappa shape index (κ2) is 9.49. The van der Waals surface area contributed by atoms with E-state index in [1.165, 1.54) is 0 Å². The second-order valence-corrected chi connectivity index (χ2v) is 8.10. The first-order chi connectivity index (χ1) is 15.0. The van der Waals surface area contributed by atoms with Gasteiger partial charge in [-0.25, -0.2) is 9.78 Å². The molecule has 0 aliphatic carbocycles. The number of halogens is 1. The molecule has 2 amide bonds. The third-order valence-corrected chi connectivity index (χ3v) is 5.83. The van der Waals surface area contributed by atoms with Crippen molar-refractivity contribution in [3.8, 4) is 11.4 Å². The largest absolute Gasteiger partial charge is 0.385 e. The summed E-state index contributed by atoms with van der Waals surface area (Å²) in [6.45, 7) is 1.59. The van der Waals surface area contributed by atoms with E-state index >= 15 is 0 Å². The van der Waals surface area contributed by atoms with Gasteiger partial charge in [-0.05, 0) is 43.0 Å². The Morgan fingerprint density at radius 3 is 2.74 bits per heavy atom. The van der Waals surface area contributed by atoms with Crippen molar-refractivity contribution < 1.29 is 14.4 Å². The molecule has 0 spiro atoms. The maximum atomic E-state index is 12.5. The molecule has 1 aliphatic heterocycles. The number of hydrogen-bond donors (Lipinski definition) is 2. The van der Waals surface area contributed by atoms with Crippen LogP contribution in [0.4, 0.5) is 4.79 Å². The van der Waals surface area contributed by atoms with E-state index in [1.807, 2.05) is 29.9 Å². The number of urea groups is 1. The number of aryl methyl sites for hydroxylation is 1. The van der Waals surface area contributed by atoms with Gasteiger partial charge in [-0.1, -0.05) is 16.8 Å². The molecule has 9 nitrogen and oxygen atoms in total. The van der Waals surface area contributed by atoms with Gasteiger partial charge in [-0.15, -0.1) is 0 Å². The maximum absolute atomic E-state index is 12.5. The minimum Gasteiger partial charge on any atom is -0.385 e. The van der Waals surface area contributed by atoms with E-state index in [4.69, 9.17) is 16.1 Å². The third-order valence-electron chi connectivity index (χ3n) is 5.58. The highest BCUT2D eigenvalue weighted by molar-refractivity contribution is 6.30. The van der Waals surface area contributed by atoms with E-state index in [-0.39, 0.29) is 11.9 Å². The van der Waals surface area contributed by atoms with Crippen LogP contribution in [0.15, 0.2) is 41.2 Å². The molecule has 2 aromatic heterocycles. The van der Waals surface area contributed by atoms with Gasteiger partial charge in [0.25, 0.3) is 0 Å². The van der Waals surface area contributed by atoms with Crippen LogP contribution in [0, 0.1) is 5.92 Å². The molecule has 0 saturated carbocycles. The van der Waals surface area contributed by atoms with E-state index in [2.05, 4.69) is 20.4 Å². The molecule has 1 saturated heterocycles. The smallest absolute Gasteiger partial charge is 0.317 e. The Morgan fingerprint density at radius 2 is 2.06 bits per heavy atom. The van der Waals surface area contributed by atoms with Gasteiger partial charge in [0.1, 0.15) is 11.9 Å². The fourth-order valence-electron chi connectivity index (χ4n) is 3.75. The molecule has 0 bridgehead atoms. The van der Waals surface area contributed by atoms with Crippen molar-refractivity contribution in [1.29, 1.82) is 0 Å². The van der Waals surface area contributed by atoms with E-state index in [1.54, 1.807) is 23.2 Å². The molecule has 1 unspecified atom stereocenters. The summed E-state index contributed by atoms with van der Waals surface area (Å²) in [5.74, 6) is 1.71. The Balaban J connectivity index is 1.21. The van der Waals surface area contributed by atoms with Gasteiger partial charge < -0.3 is 24.4 Å². The summed E-state index contributed by atoms with van der Waals surface area (Å²) in [5, 5.41) is 18.1. The first-order valence-corrected chi connectivity index (χ1v) is 10.7. The summed E-state index contributed by atoms with van der Waals surface area (Å²) in [4.78, 5) is 22.8. The van der Waals surface area contributed by atoms with Crippen LogP contribution in [-0.2, 0) is 13.5 Å². The summed E-state index contributed by atoms with van der Waals surface area (Å²) in [5.41, 5.74) is 0.819. The molecule has 0 radical (unpaired) electrons. The lowest BCUT2D eigenvalue weighted by atomic mass is 9.91. The number of aliphatic hydroxyl groups excluding tert-OH is 1. The predicted octanol–water partition coefficient (Wildman–Crippen LogP) is 2.82. The number of benzene rings is 1. The Bertz CT molecular complexity index is 1010. The van der Waals surface area contributed by atoms with Gasteiger partial charge in [0.05, 0.1) is 0 Å². The normalized spacial score (nSPS) is 15.8. The first kappa shape index (κ1) is 21.3. The van der Waals surface area contributed by atoms with E-state index in [0.717, 1.165) is 18.4 Å². The number of aliphatic hydroxyl groups is 1. The van der Waals surface area contributed by atoms with Gasteiger partial charge in [-0.2, -0.15) is 4.98 Å². The summed E-state index contributed by atoms with van der Waals surface area (Å²) in [6, 6.07) is 7.07. The minimum atomic E-state index is -0.613. The van der Waals surface area contributed by atoms with E-state index in [0.29, 0.717) is 48.6 Å². The zero-order chi connectivity index (χ0) is 21.8. The van der Waals surface area contributed by atoms with Crippen molar-refractivity contribution in [3.63, 3.8) is 0 Å². The maximum Gasteiger partial charge on any atom is 0.317 e. The fourth-order valence-corrected chi connectivity index (χ4v) is 3.88. The van der Waals surface area contributed by atoms with Gasteiger partial charge in [-0.3, -0.25) is 0 Å². The van der Waals surface area contributed by atoms with Crippen molar-refractivity contribution >= 4 is 17.6 Å². The van der Waals surface area contributed by atoms with Crippen LogP contribution in [0.2, 0.25) is 5.02 Å². The van der Waals surface area contributed by atoms with Gasteiger partial charge in [0.2, 0.25) is 11.7 Å². The summed E-state index contributed by atoms with van der Waals surface area (Å²) < 4.78 is 7.10. The highest BCUT2D eigenvalue weighted by Gasteiger charge is 2.30. The number of amides is 2. The summed E-state index contributed by atoms with van der Waals surface area (Å²) >= 11 is 5.89. The average molecular weight is 445 g/mol. The zero-order valence-electron chi connectivity index (χ0n) is 17.2. The number of rotatable bonds is 6. The first-order valence-electron chi connectivity index (χ1n) is 10.3. The quantitative estimate of drug-likeness (QED) is 0.605. The molecule has 3 heterocycles. The molecule has 1 aliphatic rings. The number of carbonyl (C=O) groups is 1. The number of hydrogen-bond acceptors (Lipinski definition) is 6. The second-order valence-electron chi connectivity index (χ2n) is 7.67. The summed E-state index contributed by atoms with van der Waals surface area (Å²) in [7, 11) is 1.87. The van der Waals surface area contributed by atoms with E-state index < -0.39 is 6.10 Å². The van der Waals surface area contributed by atoms with Crippen LogP contribution in [0.5, 0.6) is 0 Å². The molecule has 2 N–H and O–H groups in total. The predicted molar refractivity (Wildman–Crippen MR) is 114 cm³/mol. The molecule has 3 aromatic rings. The third kappa shape index (κ3) is 5.05. The van der Waals surface area contributed by atoms with Gasteiger partial charge in [0.15, 0.2) is 0 Å². The number of nitrogens with one attached hydrogen (secondary N) is 1. The molecule has 1 fully saturated rings. The van der Waals surface area contributed by atoms with Crippen LogP contribution in [0.3, 0.4) is 0 Å². The molecule has 4 rings (SSSR count). The van der Waals surface area contributed by atoms with Crippen LogP contribution in [-0.4, -0.2) is 55.4 Å².